The lowest BCUT2D eigenvalue weighted by atomic mass is 10.1. The number of nitrogen functional groups attached to an aromatic ring is 1. The van der Waals surface area contributed by atoms with Crippen molar-refractivity contribution in [1.29, 1.82) is 0 Å². The zero-order valence-corrected chi connectivity index (χ0v) is 12.1. The molecule has 1 amide bonds. The minimum Gasteiger partial charge on any atom is -0.397 e. The fourth-order valence-corrected chi connectivity index (χ4v) is 2.98. The summed E-state index contributed by atoms with van der Waals surface area (Å²) >= 11 is 1.25. The second-order valence-electron chi connectivity index (χ2n) is 4.57. The van der Waals surface area contributed by atoms with Gasteiger partial charge in [-0.15, -0.1) is 16.4 Å². The number of nitrogens with two attached hydrogens (primary N) is 1. The minimum absolute atomic E-state index is 0.129. The first-order valence-corrected chi connectivity index (χ1v) is 7.19. The Morgan fingerprint density at radius 3 is 2.76 bits per heavy atom. The van der Waals surface area contributed by atoms with Crippen LogP contribution in [0.25, 0.3) is 10.2 Å². The standard InChI is InChI=1S/C14H13N5OS/c1-8(9-2-5-16-6-3-9)18-13(20)12-11(15)10-4-7-17-19-14(10)21-12/h2-8H,15H2,1H3,(H,18,20). The van der Waals surface area contributed by atoms with Crippen LogP contribution in [0.2, 0.25) is 0 Å². The third-order valence-electron chi connectivity index (χ3n) is 3.18. The van der Waals surface area contributed by atoms with Gasteiger partial charge in [0.05, 0.1) is 17.9 Å². The summed E-state index contributed by atoms with van der Waals surface area (Å²) in [4.78, 5) is 17.5. The summed E-state index contributed by atoms with van der Waals surface area (Å²) in [5, 5.41) is 11.5. The molecule has 3 rings (SSSR count). The second kappa shape index (κ2) is 5.45. The zero-order chi connectivity index (χ0) is 14.8. The summed E-state index contributed by atoms with van der Waals surface area (Å²) in [7, 11) is 0. The third kappa shape index (κ3) is 2.55. The SMILES string of the molecule is CC(NC(=O)c1sc2nnccc2c1N)c1ccncc1. The number of fused-ring (bicyclic) bond motifs is 1. The van der Waals surface area contributed by atoms with E-state index < -0.39 is 0 Å². The van der Waals surface area contributed by atoms with Crippen molar-refractivity contribution in [3.8, 4) is 0 Å². The molecule has 0 aliphatic rings. The molecule has 3 N–H and O–H groups in total. The normalized spacial score (nSPS) is 12.2. The Morgan fingerprint density at radius 2 is 2.05 bits per heavy atom. The van der Waals surface area contributed by atoms with E-state index in [2.05, 4.69) is 20.5 Å². The Bertz CT molecular complexity index is 786. The van der Waals surface area contributed by atoms with Crippen molar-refractivity contribution in [3.63, 3.8) is 0 Å². The highest BCUT2D eigenvalue weighted by atomic mass is 32.1. The van der Waals surface area contributed by atoms with E-state index in [1.165, 1.54) is 11.3 Å². The largest absolute Gasteiger partial charge is 0.397 e. The first-order chi connectivity index (χ1) is 10.2. The quantitative estimate of drug-likeness (QED) is 0.773. The monoisotopic (exact) mass is 299 g/mol. The predicted molar refractivity (Wildman–Crippen MR) is 81.9 cm³/mol. The molecule has 106 valence electrons. The van der Waals surface area contributed by atoms with E-state index in [-0.39, 0.29) is 11.9 Å². The number of nitrogens with zero attached hydrogens (tertiary/aromatic N) is 3. The molecule has 1 unspecified atom stereocenters. The van der Waals surface area contributed by atoms with Gasteiger partial charge in [-0.2, -0.15) is 5.10 Å². The molecular weight excluding hydrogens is 286 g/mol. The Morgan fingerprint density at radius 1 is 1.29 bits per heavy atom. The first-order valence-electron chi connectivity index (χ1n) is 6.37. The zero-order valence-electron chi connectivity index (χ0n) is 11.3. The molecule has 0 aliphatic carbocycles. The van der Waals surface area contributed by atoms with Crippen molar-refractivity contribution in [2.45, 2.75) is 13.0 Å². The van der Waals surface area contributed by atoms with Crippen LogP contribution in [0.1, 0.15) is 28.2 Å². The molecule has 7 heteroatoms. The lowest BCUT2D eigenvalue weighted by Gasteiger charge is -2.13. The summed E-state index contributed by atoms with van der Waals surface area (Å²) < 4.78 is 0. The fraction of sp³-hybridized carbons (Fsp3) is 0.143. The number of nitrogens with one attached hydrogen (secondary N) is 1. The minimum atomic E-state index is -0.209. The summed E-state index contributed by atoms with van der Waals surface area (Å²) in [5.41, 5.74) is 7.46. The highest BCUT2D eigenvalue weighted by molar-refractivity contribution is 7.21. The molecule has 0 fully saturated rings. The van der Waals surface area contributed by atoms with Crippen LogP contribution in [-0.4, -0.2) is 21.1 Å². The Hall–Kier alpha value is -2.54. The number of hydrogen-bond acceptors (Lipinski definition) is 6. The number of aromatic nitrogens is 3. The van der Waals surface area contributed by atoms with Gasteiger partial charge in [0.25, 0.3) is 5.91 Å². The molecule has 0 aliphatic heterocycles. The van der Waals surface area contributed by atoms with E-state index in [9.17, 15) is 4.79 Å². The van der Waals surface area contributed by atoms with Crippen LogP contribution in [-0.2, 0) is 0 Å². The van der Waals surface area contributed by atoms with Crippen molar-refractivity contribution in [1.82, 2.24) is 20.5 Å². The van der Waals surface area contributed by atoms with Crippen LogP contribution in [0.3, 0.4) is 0 Å². The van der Waals surface area contributed by atoms with Crippen molar-refractivity contribution in [3.05, 3.63) is 47.2 Å². The number of anilines is 1. The highest BCUT2D eigenvalue weighted by Gasteiger charge is 2.19. The fourth-order valence-electron chi connectivity index (χ4n) is 2.04. The first kappa shape index (κ1) is 13.4. The molecule has 1 atom stereocenters. The summed E-state index contributed by atoms with van der Waals surface area (Å²) in [5.74, 6) is -0.209. The summed E-state index contributed by atoms with van der Waals surface area (Å²) in [6.45, 7) is 1.91. The van der Waals surface area contributed by atoms with Gasteiger partial charge in [-0.25, -0.2) is 0 Å². The Labute approximate surface area is 125 Å². The predicted octanol–water partition coefficient (Wildman–Crippen LogP) is 2.16. The number of carbonyl (C=O) groups is 1. The van der Waals surface area contributed by atoms with Crippen molar-refractivity contribution in [2.75, 3.05) is 5.73 Å². The van der Waals surface area contributed by atoms with Crippen LogP contribution in [0.15, 0.2) is 36.8 Å². The van der Waals surface area contributed by atoms with Gasteiger partial charge >= 0.3 is 0 Å². The third-order valence-corrected chi connectivity index (χ3v) is 4.28. The van der Waals surface area contributed by atoms with Gasteiger partial charge in [-0.05, 0) is 30.7 Å². The lowest BCUT2D eigenvalue weighted by molar-refractivity contribution is 0.0945. The number of amides is 1. The van der Waals surface area contributed by atoms with E-state index in [4.69, 9.17) is 5.73 Å². The Balaban J connectivity index is 1.86. The highest BCUT2D eigenvalue weighted by Crippen LogP contribution is 2.31. The van der Waals surface area contributed by atoms with Gasteiger partial charge in [0, 0.05) is 17.8 Å². The van der Waals surface area contributed by atoms with Crippen molar-refractivity contribution < 1.29 is 4.79 Å². The van der Waals surface area contributed by atoms with E-state index in [0.717, 1.165) is 10.9 Å². The second-order valence-corrected chi connectivity index (χ2v) is 5.57. The molecule has 21 heavy (non-hydrogen) atoms. The molecule has 3 heterocycles. The molecule has 0 aromatic carbocycles. The van der Waals surface area contributed by atoms with Gasteiger partial charge in [0.1, 0.15) is 9.71 Å². The van der Waals surface area contributed by atoms with Crippen molar-refractivity contribution >= 4 is 33.1 Å². The smallest absolute Gasteiger partial charge is 0.264 e. The number of pyridine rings is 1. The van der Waals surface area contributed by atoms with Gasteiger partial charge in [0.15, 0.2) is 0 Å². The summed E-state index contributed by atoms with van der Waals surface area (Å²) in [6, 6.07) is 5.36. The lowest BCUT2D eigenvalue weighted by Crippen LogP contribution is -2.26. The molecule has 0 radical (unpaired) electrons. The molecule has 6 nitrogen and oxygen atoms in total. The average molecular weight is 299 g/mol. The van der Waals surface area contributed by atoms with Crippen LogP contribution in [0, 0.1) is 0 Å². The maximum absolute atomic E-state index is 12.4. The van der Waals surface area contributed by atoms with Gasteiger partial charge in [-0.1, -0.05) is 0 Å². The van der Waals surface area contributed by atoms with Crippen LogP contribution >= 0.6 is 11.3 Å². The molecule has 0 saturated carbocycles. The van der Waals surface area contributed by atoms with Crippen molar-refractivity contribution in [2.24, 2.45) is 0 Å². The molecule has 0 saturated heterocycles. The maximum atomic E-state index is 12.4. The van der Waals surface area contributed by atoms with E-state index in [1.807, 2.05) is 19.1 Å². The average Bonchev–Trinajstić information content (AvgIpc) is 2.86. The Kier molecular flexibility index (Phi) is 3.49. The molecule has 0 bridgehead atoms. The van der Waals surface area contributed by atoms with Crippen LogP contribution in [0.5, 0.6) is 0 Å². The number of hydrogen-bond donors (Lipinski definition) is 2. The number of rotatable bonds is 3. The molecule has 0 spiro atoms. The van der Waals surface area contributed by atoms with Gasteiger partial charge < -0.3 is 11.1 Å². The summed E-state index contributed by atoms with van der Waals surface area (Å²) in [6.07, 6.45) is 4.95. The van der Waals surface area contributed by atoms with Gasteiger partial charge in [0.2, 0.25) is 0 Å². The number of carbonyl (C=O) groups excluding carboxylic acids is 1. The van der Waals surface area contributed by atoms with Gasteiger partial charge in [-0.3, -0.25) is 9.78 Å². The molecule has 3 aromatic rings. The van der Waals surface area contributed by atoms with E-state index in [0.29, 0.717) is 15.4 Å². The van der Waals surface area contributed by atoms with E-state index in [1.54, 1.807) is 24.7 Å². The molecule has 3 aromatic heterocycles. The van der Waals surface area contributed by atoms with Crippen LogP contribution in [0.4, 0.5) is 5.69 Å². The molecular formula is C14H13N5OS. The van der Waals surface area contributed by atoms with Crippen LogP contribution < -0.4 is 11.1 Å². The number of thiophene rings is 1. The maximum Gasteiger partial charge on any atom is 0.264 e. The topological polar surface area (TPSA) is 93.8 Å². The van der Waals surface area contributed by atoms with E-state index >= 15 is 0 Å².